The summed E-state index contributed by atoms with van der Waals surface area (Å²) in [7, 11) is 0. The molecule has 0 bridgehead atoms. The maximum atomic E-state index is 2.76. The van der Waals surface area contributed by atoms with E-state index in [1.807, 2.05) is 0 Å². The van der Waals surface area contributed by atoms with Crippen molar-refractivity contribution in [2.75, 3.05) is 0 Å². The minimum absolute atomic E-state index is 0.0870. The van der Waals surface area contributed by atoms with E-state index < -0.39 is 20.0 Å². The van der Waals surface area contributed by atoms with Crippen molar-refractivity contribution in [2.45, 2.75) is 57.2 Å². The number of benzene rings is 4. The van der Waals surface area contributed by atoms with Crippen molar-refractivity contribution in [1.82, 2.24) is 0 Å². The molecule has 0 N–H and O–H groups in total. The quantitative estimate of drug-likeness (QED) is 0.187. The SMILES string of the molecule is CCCC1(C)C2=Cc3c(-c4ccccc4C)cccc3[CH]2[Hf]([CH3])([CH3])[CH]2C1=Cc1c(-c3ccccc3C)cccc12. The van der Waals surface area contributed by atoms with Crippen LogP contribution in [-0.4, -0.2) is 0 Å². The van der Waals surface area contributed by atoms with E-state index in [2.05, 4.69) is 134 Å². The van der Waals surface area contributed by atoms with Crippen molar-refractivity contribution in [3.05, 3.63) is 129 Å². The van der Waals surface area contributed by atoms with Crippen LogP contribution in [0.3, 0.4) is 0 Å². The van der Waals surface area contributed by atoms with Crippen LogP contribution >= 0.6 is 0 Å². The summed E-state index contributed by atoms with van der Waals surface area (Å²) in [6.45, 7) is 9.48. The van der Waals surface area contributed by atoms with Crippen LogP contribution in [0.4, 0.5) is 0 Å². The third-order valence-electron chi connectivity index (χ3n) is 10.5. The Labute approximate surface area is 245 Å². The number of aryl methyl sites for hydroxylation is 2. The van der Waals surface area contributed by atoms with Gasteiger partial charge in [0.15, 0.2) is 0 Å². The molecule has 0 aromatic heterocycles. The molecule has 2 atom stereocenters. The summed E-state index contributed by atoms with van der Waals surface area (Å²) in [5.74, 6) is 0. The van der Waals surface area contributed by atoms with E-state index in [1.54, 1.807) is 22.3 Å². The fourth-order valence-corrected chi connectivity index (χ4v) is 26.1. The molecule has 1 saturated heterocycles. The first-order valence-corrected chi connectivity index (χ1v) is 26.4. The molecule has 7 rings (SSSR count). The Kier molecular flexibility index (Phi) is 6.13. The Morgan fingerprint density at radius 3 is 1.45 bits per heavy atom. The zero-order valence-corrected chi connectivity index (χ0v) is 28.4. The molecule has 0 saturated carbocycles. The van der Waals surface area contributed by atoms with Crippen LogP contribution in [0.5, 0.6) is 0 Å². The van der Waals surface area contributed by atoms with Crippen molar-refractivity contribution in [2.24, 2.45) is 5.41 Å². The fraction of sp³-hybridized carbons (Fsp3) is 0.282. The summed E-state index contributed by atoms with van der Waals surface area (Å²) >= 11 is -3.04. The van der Waals surface area contributed by atoms with Crippen molar-refractivity contribution < 1.29 is 20.0 Å². The molecule has 2 unspecified atom stereocenters. The molecular weight excluding hydrogens is 647 g/mol. The molecule has 4 aromatic carbocycles. The van der Waals surface area contributed by atoms with Gasteiger partial charge in [-0.05, 0) is 0 Å². The van der Waals surface area contributed by atoms with Crippen LogP contribution in [-0.2, 0) is 20.0 Å². The van der Waals surface area contributed by atoms with E-state index in [0.29, 0.717) is 7.35 Å². The molecule has 0 spiro atoms. The summed E-state index contributed by atoms with van der Waals surface area (Å²) in [5, 5.41) is 0. The Bertz CT molecular complexity index is 1610. The fourth-order valence-electron chi connectivity index (χ4n) is 8.71. The molecule has 1 heterocycles. The van der Waals surface area contributed by atoms with Gasteiger partial charge in [0.05, 0.1) is 0 Å². The molecule has 0 amide bonds. The van der Waals surface area contributed by atoms with Crippen LogP contribution in [0.15, 0.2) is 96.1 Å². The van der Waals surface area contributed by atoms with Crippen LogP contribution < -0.4 is 0 Å². The molecule has 0 radical (unpaired) electrons. The topological polar surface area (TPSA) is 0 Å². The second kappa shape index (κ2) is 9.38. The summed E-state index contributed by atoms with van der Waals surface area (Å²) in [6.07, 6.45) is 7.75. The van der Waals surface area contributed by atoms with Crippen molar-refractivity contribution in [3.63, 3.8) is 0 Å². The second-order valence-corrected chi connectivity index (χ2v) is 30.5. The van der Waals surface area contributed by atoms with E-state index in [1.165, 1.54) is 57.3 Å². The number of hydrogen-bond donors (Lipinski definition) is 0. The summed E-state index contributed by atoms with van der Waals surface area (Å²) < 4.78 is 6.78. The predicted molar refractivity (Wildman–Crippen MR) is 169 cm³/mol. The monoisotopic (exact) mass is 688 g/mol. The maximum absolute atomic E-state index is 3.04. The number of fused-ring (bicyclic) bond motifs is 6. The Hall–Kier alpha value is -2.77. The first-order chi connectivity index (χ1) is 19.3. The molecule has 1 aliphatic heterocycles. The summed E-state index contributed by atoms with van der Waals surface area (Å²) in [5.41, 5.74) is 18.1. The van der Waals surface area contributed by atoms with Crippen LogP contribution in [0.1, 0.15) is 67.4 Å². The van der Waals surface area contributed by atoms with E-state index >= 15 is 0 Å². The number of allylic oxidation sites excluding steroid dienone is 2. The Morgan fingerprint density at radius 1 is 0.600 bits per heavy atom. The van der Waals surface area contributed by atoms with Crippen molar-refractivity contribution in [1.29, 1.82) is 0 Å². The molecule has 3 aliphatic rings. The molecule has 200 valence electrons. The zero-order chi connectivity index (χ0) is 27.8. The van der Waals surface area contributed by atoms with Gasteiger partial charge in [-0.25, -0.2) is 0 Å². The average molecular weight is 687 g/mol. The van der Waals surface area contributed by atoms with E-state index in [4.69, 9.17) is 0 Å². The zero-order valence-electron chi connectivity index (χ0n) is 24.8. The van der Waals surface area contributed by atoms with Gasteiger partial charge in [-0.2, -0.15) is 0 Å². The molecule has 1 fully saturated rings. The van der Waals surface area contributed by atoms with Crippen molar-refractivity contribution >= 4 is 12.2 Å². The van der Waals surface area contributed by atoms with E-state index in [-0.39, 0.29) is 5.41 Å². The Morgan fingerprint density at radius 2 is 1.02 bits per heavy atom. The van der Waals surface area contributed by atoms with Gasteiger partial charge >= 0.3 is 246 Å². The van der Waals surface area contributed by atoms with Crippen LogP contribution in [0.25, 0.3) is 34.4 Å². The molecule has 2 aliphatic carbocycles. The molecule has 1 heteroatoms. The van der Waals surface area contributed by atoms with Gasteiger partial charge in [0.2, 0.25) is 0 Å². The van der Waals surface area contributed by atoms with Crippen LogP contribution in [0.2, 0.25) is 9.36 Å². The number of rotatable bonds is 4. The molecule has 0 nitrogen and oxygen atoms in total. The normalized spacial score (nSPS) is 23.6. The third-order valence-corrected chi connectivity index (χ3v) is 25.7. The summed E-state index contributed by atoms with van der Waals surface area (Å²) in [4.78, 5) is 0. The second-order valence-electron chi connectivity index (χ2n) is 13.2. The minimum atomic E-state index is -3.04. The third kappa shape index (κ3) is 3.59. The standard InChI is InChI=1S/C37H34.2CH3.Hf/c1-5-20-37(4,29-21-27-14-10-18-33(35(27)23-29)31-16-8-6-12-25(31)2)30-22-28-15-11-19-34(36(28)24-30)32-17-9-7-13-26(32)3;;;/h6-19,21-24H,5,20H2,1-4H3;2*1H3;. The number of hydrogen-bond acceptors (Lipinski definition) is 0. The first kappa shape index (κ1) is 26.1. The van der Waals surface area contributed by atoms with Gasteiger partial charge in [-0.1, -0.05) is 0 Å². The van der Waals surface area contributed by atoms with Crippen LogP contribution in [0, 0.1) is 19.3 Å². The van der Waals surface area contributed by atoms with Gasteiger partial charge in [0.25, 0.3) is 0 Å². The molecule has 40 heavy (non-hydrogen) atoms. The van der Waals surface area contributed by atoms with Gasteiger partial charge < -0.3 is 0 Å². The Balaban J connectivity index is 1.47. The predicted octanol–water partition coefficient (Wildman–Crippen LogP) is 11.3. The molecule has 4 aromatic rings. The average Bonchev–Trinajstić information content (AvgIpc) is 3.55. The van der Waals surface area contributed by atoms with E-state index in [9.17, 15) is 0 Å². The molecular formula is C39H40Hf. The van der Waals surface area contributed by atoms with E-state index in [0.717, 1.165) is 0 Å². The summed E-state index contributed by atoms with van der Waals surface area (Å²) in [6, 6.07) is 32.2. The van der Waals surface area contributed by atoms with Gasteiger partial charge in [-0.15, -0.1) is 0 Å². The van der Waals surface area contributed by atoms with Gasteiger partial charge in [-0.3, -0.25) is 0 Å². The van der Waals surface area contributed by atoms with Crippen molar-refractivity contribution in [3.8, 4) is 22.3 Å². The van der Waals surface area contributed by atoms with Gasteiger partial charge in [0, 0.05) is 0 Å². The van der Waals surface area contributed by atoms with Gasteiger partial charge in [0.1, 0.15) is 0 Å². The first-order valence-electron chi connectivity index (χ1n) is 15.1.